The number of amides is 3. The predicted molar refractivity (Wildman–Crippen MR) is 84.8 cm³/mol. The smallest absolute Gasteiger partial charge is 0.319 e. The highest BCUT2D eigenvalue weighted by atomic mass is 19.1. The van der Waals surface area contributed by atoms with Gasteiger partial charge in [-0.15, -0.1) is 0 Å². The van der Waals surface area contributed by atoms with Crippen molar-refractivity contribution in [2.45, 2.75) is 6.54 Å². The van der Waals surface area contributed by atoms with E-state index in [1.54, 1.807) is 18.2 Å². The fourth-order valence-electron chi connectivity index (χ4n) is 2.18. The summed E-state index contributed by atoms with van der Waals surface area (Å²) in [6, 6.07) is 9.74. The van der Waals surface area contributed by atoms with E-state index >= 15 is 0 Å². The molecule has 0 fully saturated rings. The molecule has 0 saturated heterocycles. The van der Waals surface area contributed by atoms with Crippen molar-refractivity contribution in [3.63, 3.8) is 0 Å². The maximum Gasteiger partial charge on any atom is 0.319 e. The fraction of sp³-hybridized carbons (Fsp3) is 0.0625. The molecule has 0 aliphatic carbocycles. The van der Waals surface area contributed by atoms with E-state index in [0.717, 1.165) is 0 Å². The lowest BCUT2D eigenvalue weighted by atomic mass is 10.2. The molecule has 8 heteroatoms. The van der Waals surface area contributed by atoms with Crippen LogP contribution in [0, 0.1) is 5.82 Å². The third-order valence-electron chi connectivity index (χ3n) is 3.33. The minimum atomic E-state index is -0.588. The molecule has 7 nitrogen and oxygen atoms in total. The second-order valence-corrected chi connectivity index (χ2v) is 5.02. The van der Waals surface area contributed by atoms with Crippen molar-refractivity contribution in [1.82, 2.24) is 10.5 Å². The van der Waals surface area contributed by atoms with Crippen LogP contribution < -0.4 is 16.4 Å². The SMILES string of the molecule is NC(=O)c1cccc(NC(=O)NCc2noc3ccc(F)cc23)c1. The number of urea groups is 1. The molecular weight excluding hydrogens is 315 g/mol. The van der Waals surface area contributed by atoms with Crippen molar-refractivity contribution in [3.8, 4) is 0 Å². The summed E-state index contributed by atoms with van der Waals surface area (Å²) in [7, 11) is 0. The Balaban J connectivity index is 1.66. The van der Waals surface area contributed by atoms with E-state index in [1.807, 2.05) is 0 Å². The molecule has 24 heavy (non-hydrogen) atoms. The van der Waals surface area contributed by atoms with Crippen molar-refractivity contribution in [2.24, 2.45) is 5.73 Å². The van der Waals surface area contributed by atoms with Crippen molar-refractivity contribution in [1.29, 1.82) is 0 Å². The van der Waals surface area contributed by atoms with Crippen LogP contribution in [0.5, 0.6) is 0 Å². The van der Waals surface area contributed by atoms with Crippen LogP contribution in [0.4, 0.5) is 14.9 Å². The van der Waals surface area contributed by atoms with E-state index in [2.05, 4.69) is 15.8 Å². The summed E-state index contributed by atoms with van der Waals surface area (Å²) in [6.45, 7) is 0.0534. The number of hydrogen-bond donors (Lipinski definition) is 3. The number of hydrogen-bond acceptors (Lipinski definition) is 4. The highest BCUT2D eigenvalue weighted by Gasteiger charge is 2.11. The van der Waals surface area contributed by atoms with Crippen molar-refractivity contribution in [3.05, 3.63) is 59.5 Å². The Morgan fingerprint density at radius 3 is 2.83 bits per heavy atom. The van der Waals surface area contributed by atoms with Crippen molar-refractivity contribution >= 4 is 28.6 Å². The van der Waals surface area contributed by atoms with Gasteiger partial charge in [-0.3, -0.25) is 4.79 Å². The number of fused-ring (bicyclic) bond motifs is 1. The Kier molecular flexibility index (Phi) is 4.11. The molecule has 1 aromatic heterocycles. The molecular formula is C16H13FN4O3. The van der Waals surface area contributed by atoms with Crippen LogP contribution in [-0.2, 0) is 6.54 Å². The van der Waals surface area contributed by atoms with E-state index < -0.39 is 17.8 Å². The van der Waals surface area contributed by atoms with E-state index in [0.29, 0.717) is 22.4 Å². The Bertz CT molecular complexity index is 923. The summed E-state index contributed by atoms with van der Waals surface area (Å²) in [6.07, 6.45) is 0. The molecule has 0 radical (unpaired) electrons. The third-order valence-corrected chi connectivity index (χ3v) is 3.33. The predicted octanol–water partition coefficient (Wildman–Crippen LogP) is 2.39. The summed E-state index contributed by atoms with van der Waals surface area (Å²) in [5.74, 6) is -1.00. The first-order valence-electron chi connectivity index (χ1n) is 7.01. The topological polar surface area (TPSA) is 110 Å². The number of carbonyl (C=O) groups excluding carboxylic acids is 2. The largest absolute Gasteiger partial charge is 0.366 e. The maximum absolute atomic E-state index is 13.3. The molecule has 0 aliphatic heterocycles. The van der Waals surface area contributed by atoms with Gasteiger partial charge in [0, 0.05) is 16.6 Å². The number of rotatable bonds is 4. The second kappa shape index (κ2) is 6.37. The van der Waals surface area contributed by atoms with Gasteiger partial charge in [-0.25, -0.2) is 9.18 Å². The summed E-state index contributed by atoms with van der Waals surface area (Å²) >= 11 is 0. The number of aromatic nitrogens is 1. The molecule has 3 amide bonds. The number of primary amides is 1. The normalized spacial score (nSPS) is 10.5. The monoisotopic (exact) mass is 328 g/mol. The molecule has 0 saturated carbocycles. The zero-order valence-corrected chi connectivity index (χ0v) is 12.4. The molecule has 122 valence electrons. The summed E-state index contributed by atoms with van der Waals surface area (Å²) in [5, 5.41) is 9.45. The second-order valence-electron chi connectivity index (χ2n) is 5.02. The van der Waals surface area contributed by atoms with Crippen molar-refractivity contribution < 1.29 is 18.5 Å². The number of nitrogens with two attached hydrogens (primary N) is 1. The standard InChI is InChI=1S/C16H13FN4O3/c17-10-4-5-14-12(7-10)13(21-24-14)8-19-16(23)20-11-3-1-2-9(6-11)15(18)22/h1-7H,8H2,(H2,18,22)(H2,19,20,23). The van der Waals surface area contributed by atoms with Crippen molar-refractivity contribution in [2.75, 3.05) is 5.32 Å². The molecule has 0 spiro atoms. The highest BCUT2D eigenvalue weighted by Crippen LogP contribution is 2.19. The third kappa shape index (κ3) is 3.32. The summed E-state index contributed by atoms with van der Waals surface area (Å²) < 4.78 is 18.3. The van der Waals surface area contributed by atoms with Gasteiger partial charge in [0.25, 0.3) is 0 Å². The number of anilines is 1. The number of nitrogens with one attached hydrogen (secondary N) is 2. The van der Waals surface area contributed by atoms with E-state index in [9.17, 15) is 14.0 Å². The average molecular weight is 328 g/mol. The van der Waals surface area contributed by atoms with Gasteiger partial charge in [0.15, 0.2) is 5.58 Å². The average Bonchev–Trinajstić information content (AvgIpc) is 2.95. The van der Waals surface area contributed by atoms with Gasteiger partial charge < -0.3 is 20.9 Å². The van der Waals surface area contributed by atoms with E-state index in [1.165, 1.54) is 24.3 Å². The van der Waals surface area contributed by atoms with Crippen LogP contribution in [-0.4, -0.2) is 17.1 Å². The quantitative estimate of drug-likeness (QED) is 0.683. The first kappa shape index (κ1) is 15.5. The first-order chi connectivity index (χ1) is 11.5. The summed E-state index contributed by atoms with van der Waals surface area (Å²) in [4.78, 5) is 23.0. The van der Waals surface area contributed by atoms with Gasteiger partial charge in [-0.1, -0.05) is 11.2 Å². The van der Waals surface area contributed by atoms with Gasteiger partial charge in [-0.2, -0.15) is 0 Å². The Morgan fingerprint density at radius 2 is 2.04 bits per heavy atom. The number of halogens is 1. The Labute approximate surface area is 135 Å². The number of carbonyl (C=O) groups is 2. The molecule has 0 unspecified atom stereocenters. The minimum absolute atomic E-state index is 0.0534. The van der Waals surface area contributed by atoms with Crippen LogP contribution in [0.1, 0.15) is 16.1 Å². The molecule has 0 atom stereocenters. The minimum Gasteiger partial charge on any atom is -0.366 e. The van der Waals surface area contributed by atoms with Crippen LogP contribution in [0.25, 0.3) is 11.0 Å². The fourth-order valence-corrected chi connectivity index (χ4v) is 2.18. The molecule has 1 heterocycles. The molecule has 0 aliphatic rings. The summed E-state index contributed by atoms with van der Waals surface area (Å²) in [5.41, 5.74) is 6.73. The highest BCUT2D eigenvalue weighted by molar-refractivity contribution is 5.95. The van der Waals surface area contributed by atoms with Gasteiger partial charge >= 0.3 is 6.03 Å². The first-order valence-corrected chi connectivity index (χ1v) is 7.01. The van der Waals surface area contributed by atoms with Gasteiger partial charge in [0.2, 0.25) is 5.91 Å². The number of nitrogens with zero attached hydrogens (tertiary/aromatic N) is 1. The number of benzene rings is 2. The molecule has 2 aromatic carbocycles. The lowest BCUT2D eigenvalue weighted by Crippen LogP contribution is -2.28. The van der Waals surface area contributed by atoms with Crippen LogP contribution in [0.2, 0.25) is 0 Å². The Hall–Kier alpha value is -3.42. The van der Waals surface area contributed by atoms with Crippen LogP contribution in [0.3, 0.4) is 0 Å². The lowest BCUT2D eigenvalue weighted by Gasteiger charge is -2.07. The zero-order chi connectivity index (χ0) is 17.1. The van der Waals surface area contributed by atoms with Crippen LogP contribution >= 0.6 is 0 Å². The molecule has 4 N–H and O–H groups in total. The van der Waals surface area contributed by atoms with Gasteiger partial charge in [0.05, 0.1) is 6.54 Å². The lowest BCUT2D eigenvalue weighted by molar-refractivity contribution is 0.1000. The van der Waals surface area contributed by atoms with Gasteiger partial charge in [0.1, 0.15) is 11.5 Å². The van der Waals surface area contributed by atoms with E-state index in [-0.39, 0.29) is 12.1 Å². The Morgan fingerprint density at radius 1 is 1.21 bits per heavy atom. The molecule has 0 bridgehead atoms. The maximum atomic E-state index is 13.3. The molecule has 3 aromatic rings. The molecule has 3 rings (SSSR count). The van der Waals surface area contributed by atoms with Gasteiger partial charge in [-0.05, 0) is 36.4 Å². The van der Waals surface area contributed by atoms with E-state index in [4.69, 9.17) is 10.3 Å². The van der Waals surface area contributed by atoms with Crippen LogP contribution in [0.15, 0.2) is 47.0 Å². The zero-order valence-electron chi connectivity index (χ0n) is 12.4.